The summed E-state index contributed by atoms with van der Waals surface area (Å²) < 4.78 is 6.76. The molecule has 0 aliphatic carbocycles. The number of ether oxygens (including phenoxy) is 1. The number of aryl methyl sites for hydroxylation is 1. The maximum atomic E-state index is 12.1. The third-order valence-corrected chi connectivity index (χ3v) is 5.11. The minimum atomic E-state index is -0.385. The van der Waals surface area contributed by atoms with Gasteiger partial charge < -0.3 is 14.6 Å². The summed E-state index contributed by atoms with van der Waals surface area (Å²) in [4.78, 5) is 39.1. The van der Waals surface area contributed by atoms with Gasteiger partial charge in [0.15, 0.2) is 5.17 Å². The van der Waals surface area contributed by atoms with Crippen LogP contribution in [0.1, 0.15) is 34.2 Å². The third-order valence-electron chi connectivity index (χ3n) is 4.21. The zero-order valence-electron chi connectivity index (χ0n) is 15.9. The molecular weight excluding hydrogens is 378 g/mol. The number of nitrogens with zero attached hydrogens (tertiary/aromatic N) is 2. The Balaban J connectivity index is 1.90. The van der Waals surface area contributed by atoms with Gasteiger partial charge in [-0.15, -0.1) is 0 Å². The van der Waals surface area contributed by atoms with Gasteiger partial charge in [-0.1, -0.05) is 0 Å². The number of hydrogen-bond donors (Lipinski definition) is 1. The Morgan fingerprint density at radius 2 is 1.89 bits per heavy atom. The lowest BCUT2D eigenvalue weighted by Crippen LogP contribution is -2.23. The van der Waals surface area contributed by atoms with Crippen LogP contribution in [0.25, 0.3) is 11.8 Å². The standard InChI is InChI=1S/C20H19N3O4S/c1-11-9-15(10-17-18(25)22-20(28-17)21-13(3)24)12(2)23(11)16-7-5-14(6-8-16)19(26)27-4/h5-10H,1-4H3,(H,21,22,24,25)/b17-10-. The first-order chi connectivity index (χ1) is 13.3. The molecule has 0 fully saturated rings. The lowest BCUT2D eigenvalue weighted by molar-refractivity contribution is -0.117. The summed E-state index contributed by atoms with van der Waals surface area (Å²) in [7, 11) is 1.35. The van der Waals surface area contributed by atoms with Gasteiger partial charge in [0, 0.05) is 24.0 Å². The number of aromatic nitrogens is 1. The fraction of sp³-hybridized carbons (Fsp3) is 0.200. The van der Waals surface area contributed by atoms with Crippen LogP contribution in [-0.4, -0.2) is 34.6 Å². The molecule has 0 saturated carbocycles. The highest BCUT2D eigenvalue weighted by molar-refractivity contribution is 8.18. The van der Waals surface area contributed by atoms with E-state index >= 15 is 0 Å². The average Bonchev–Trinajstić information content (AvgIpc) is 3.12. The summed E-state index contributed by atoms with van der Waals surface area (Å²) in [6.45, 7) is 5.29. The zero-order valence-corrected chi connectivity index (χ0v) is 16.7. The highest BCUT2D eigenvalue weighted by atomic mass is 32.2. The molecule has 1 aromatic carbocycles. The summed E-state index contributed by atoms with van der Waals surface area (Å²) in [5.41, 5.74) is 4.18. The number of amidine groups is 1. The van der Waals surface area contributed by atoms with Crippen LogP contribution in [0.5, 0.6) is 0 Å². The predicted molar refractivity (Wildman–Crippen MR) is 108 cm³/mol. The zero-order chi connectivity index (χ0) is 20.4. The molecule has 1 aromatic heterocycles. The van der Waals surface area contributed by atoms with Gasteiger partial charge in [0.25, 0.3) is 5.91 Å². The van der Waals surface area contributed by atoms with E-state index in [2.05, 4.69) is 10.3 Å². The Morgan fingerprint density at radius 1 is 1.21 bits per heavy atom. The Labute approximate surface area is 166 Å². The molecule has 0 saturated heterocycles. The van der Waals surface area contributed by atoms with Gasteiger partial charge in [-0.25, -0.2) is 4.79 Å². The molecule has 144 valence electrons. The summed E-state index contributed by atoms with van der Waals surface area (Å²) in [6.07, 6.45) is 1.77. The SMILES string of the molecule is COC(=O)c1ccc(-n2c(C)cc(/C=C3\SC(NC(C)=O)=NC3=O)c2C)cc1. The first-order valence-corrected chi connectivity index (χ1v) is 9.29. The largest absolute Gasteiger partial charge is 0.465 e. The molecule has 7 nitrogen and oxygen atoms in total. The lowest BCUT2D eigenvalue weighted by atomic mass is 10.2. The molecule has 1 aliphatic rings. The molecule has 2 aromatic rings. The van der Waals surface area contributed by atoms with Gasteiger partial charge in [0.1, 0.15) is 0 Å². The summed E-state index contributed by atoms with van der Waals surface area (Å²) in [5.74, 6) is -1.03. The third kappa shape index (κ3) is 3.91. The van der Waals surface area contributed by atoms with E-state index in [1.165, 1.54) is 14.0 Å². The minimum Gasteiger partial charge on any atom is -0.465 e. The van der Waals surface area contributed by atoms with Gasteiger partial charge >= 0.3 is 5.97 Å². The fourth-order valence-corrected chi connectivity index (χ4v) is 3.80. The number of benzene rings is 1. The number of amides is 2. The quantitative estimate of drug-likeness (QED) is 0.635. The number of thioether (sulfide) groups is 1. The molecule has 2 amide bonds. The molecule has 2 heterocycles. The second-order valence-electron chi connectivity index (χ2n) is 6.21. The van der Waals surface area contributed by atoms with E-state index in [4.69, 9.17) is 4.74 Å². The Morgan fingerprint density at radius 3 is 2.50 bits per heavy atom. The van der Waals surface area contributed by atoms with E-state index < -0.39 is 0 Å². The van der Waals surface area contributed by atoms with Crippen molar-refractivity contribution in [3.63, 3.8) is 0 Å². The lowest BCUT2D eigenvalue weighted by Gasteiger charge is -2.10. The predicted octanol–water partition coefficient (Wildman–Crippen LogP) is 2.99. The van der Waals surface area contributed by atoms with Crippen molar-refractivity contribution in [2.24, 2.45) is 4.99 Å². The van der Waals surface area contributed by atoms with Crippen molar-refractivity contribution in [2.45, 2.75) is 20.8 Å². The topological polar surface area (TPSA) is 89.8 Å². The van der Waals surface area contributed by atoms with Gasteiger partial charge in [-0.3, -0.25) is 9.59 Å². The van der Waals surface area contributed by atoms with E-state index in [1.807, 2.05) is 36.6 Å². The molecular formula is C20H19N3O4S. The molecule has 28 heavy (non-hydrogen) atoms. The van der Waals surface area contributed by atoms with Crippen LogP contribution in [0.4, 0.5) is 0 Å². The number of aliphatic imine (C=N–C) groups is 1. The highest BCUT2D eigenvalue weighted by Gasteiger charge is 2.23. The smallest absolute Gasteiger partial charge is 0.337 e. The number of hydrogen-bond acceptors (Lipinski definition) is 5. The molecule has 8 heteroatoms. The monoisotopic (exact) mass is 397 g/mol. The average molecular weight is 397 g/mol. The molecule has 0 bridgehead atoms. The molecule has 0 spiro atoms. The maximum absolute atomic E-state index is 12.1. The molecule has 0 atom stereocenters. The van der Waals surface area contributed by atoms with Gasteiger partial charge in [-0.05, 0) is 67.6 Å². The van der Waals surface area contributed by atoms with Crippen LogP contribution in [0.15, 0.2) is 40.2 Å². The van der Waals surface area contributed by atoms with Gasteiger partial charge in [0.05, 0.1) is 17.6 Å². The minimum absolute atomic E-state index is 0.270. The Hall–Kier alpha value is -3.13. The normalized spacial score (nSPS) is 14.9. The summed E-state index contributed by atoms with van der Waals surface area (Å²) >= 11 is 1.14. The number of methoxy groups -OCH3 is 1. The van der Waals surface area contributed by atoms with Crippen molar-refractivity contribution in [1.82, 2.24) is 9.88 Å². The molecule has 0 unspecified atom stereocenters. The van der Waals surface area contributed by atoms with E-state index in [0.29, 0.717) is 10.5 Å². The van der Waals surface area contributed by atoms with E-state index in [-0.39, 0.29) is 23.0 Å². The maximum Gasteiger partial charge on any atom is 0.337 e. The first-order valence-electron chi connectivity index (χ1n) is 8.48. The second kappa shape index (κ2) is 7.85. The molecule has 1 N–H and O–H groups in total. The number of carbonyl (C=O) groups is 3. The number of carbonyl (C=O) groups excluding carboxylic acids is 3. The van der Waals surface area contributed by atoms with Crippen LogP contribution in [0.3, 0.4) is 0 Å². The fourth-order valence-electron chi connectivity index (χ4n) is 2.95. The van der Waals surface area contributed by atoms with Crippen molar-refractivity contribution in [3.05, 3.63) is 57.8 Å². The Kier molecular flexibility index (Phi) is 5.51. The highest BCUT2D eigenvalue weighted by Crippen LogP contribution is 2.30. The summed E-state index contributed by atoms with van der Waals surface area (Å²) in [5, 5.41) is 2.82. The van der Waals surface area contributed by atoms with Crippen LogP contribution in [0.2, 0.25) is 0 Å². The Bertz CT molecular complexity index is 1030. The van der Waals surface area contributed by atoms with Gasteiger partial charge in [-0.2, -0.15) is 4.99 Å². The van der Waals surface area contributed by atoms with E-state index in [1.54, 1.807) is 18.2 Å². The molecule has 0 radical (unpaired) electrons. The molecule has 3 rings (SSSR count). The van der Waals surface area contributed by atoms with Crippen molar-refractivity contribution in [2.75, 3.05) is 7.11 Å². The van der Waals surface area contributed by atoms with Gasteiger partial charge in [0.2, 0.25) is 5.91 Å². The van der Waals surface area contributed by atoms with Crippen molar-refractivity contribution < 1.29 is 19.1 Å². The first kappa shape index (κ1) is 19.6. The van der Waals surface area contributed by atoms with Crippen LogP contribution in [-0.2, 0) is 14.3 Å². The second-order valence-corrected chi connectivity index (χ2v) is 7.24. The van der Waals surface area contributed by atoms with E-state index in [0.717, 1.165) is 34.4 Å². The van der Waals surface area contributed by atoms with E-state index in [9.17, 15) is 14.4 Å². The number of nitrogens with one attached hydrogen (secondary N) is 1. The number of rotatable bonds is 3. The van der Waals surface area contributed by atoms with Crippen LogP contribution >= 0.6 is 11.8 Å². The van der Waals surface area contributed by atoms with Crippen LogP contribution in [0, 0.1) is 13.8 Å². The molecule has 1 aliphatic heterocycles. The van der Waals surface area contributed by atoms with Crippen molar-refractivity contribution in [3.8, 4) is 5.69 Å². The summed E-state index contributed by atoms with van der Waals surface area (Å²) in [6, 6.07) is 9.08. The number of esters is 1. The van der Waals surface area contributed by atoms with Crippen molar-refractivity contribution in [1.29, 1.82) is 0 Å². The van der Waals surface area contributed by atoms with Crippen LogP contribution < -0.4 is 5.32 Å². The van der Waals surface area contributed by atoms with Crippen molar-refractivity contribution >= 4 is 40.8 Å².